The first-order valence-corrected chi connectivity index (χ1v) is 13.3. The highest BCUT2D eigenvalue weighted by molar-refractivity contribution is 6.31. The lowest BCUT2D eigenvalue weighted by Gasteiger charge is -2.46. The maximum atomic E-state index is 12.9. The van der Waals surface area contributed by atoms with E-state index in [9.17, 15) is 9.90 Å². The molecule has 4 rings (SSSR count). The van der Waals surface area contributed by atoms with Gasteiger partial charge in [-0.05, 0) is 44.0 Å². The molecular formula is C27H39ClN6O2. The third-order valence-electron chi connectivity index (χ3n) is 7.44. The van der Waals surface area contributed by atoms with Gasteiger partial charge in [0.1, 0.15) is 17.8 Å². The lowest BCUT2D eigenvalue weighted by molar-refractivity contribution is -0.107. The molecule has 1 amide bonds. The summed E-state index contributed by atoms with van der Waals surface area (Å²) in [6.07, 6.45) is 3.77. The molecule has 1 aromatic carbocycles. The molecule has 8 nitrogen and oxygen atoms in total. The third-order valence-corrected chi connectivity index (χ3v) is 7.75. The van der Waals surface area contributed by atoms with E-state index in [0.717, 1.165) is 67.1 Å². The lowest BCUT2D eigenvalue weighted by atomic mass is 10.00. The molecule has 2 fully saturated rings. The minimum Gasteiger partial charge on any atom is -0.390 e. The summed E-state index contributed by atoms with van der Waals surface area (Å²) in [5.74, 6) is 1.49. The fraction of sp³-hybridized carbons (Fsp3) is 0.556. The number of nitrogens with one attached hydrogen (secondary N) is 1. The predicted octanol–water partition coefficient (Wildman–Crippen LogP) is 2.38. The summed E-state index contributed by atoms with van der Waals surface area (Å²) in [5, 5.41) is 14.1. The number of aliphatic hydroxyl groups excluding tert-OH is 1. The van der Waals surface area contributed by atoms with Crippen LogP contribution < -0.4 is 10.2 Å². The fourth-order valence-corrected chi connectivity index (χ4v) is 5.80. The first-order chi connectivity index (χ1) is 17.3. The van der Waals surface area contributed by atoms with Gasteiger partial charge >= 0.3 is 0 Å². The second-order valence-corrected chi connectivity index (χ2v) is 10.3. The topological polar surface area (TPSA) is 74.7 Å². The van der Waals surface area contributed by atoms with E-state index in [0.29, 0.717) is 23.9 Å². The van der Waals surface area contributed by atoms with Gasteiger partial charge < -0.3 is 20.2 Å². The van der Waals surface area contributed by atoms with Crippen molar-refractivity contribution < 1.29 is 9.90 Å². The number of likely N-dealkylation sites (N-methyl/N-ethyl adjacent to an activating group) is 1. The predicted molar refractivity (Wildman–Crippen MR) is 146 cm³/mol. The van der Waals surface area contributed by atoms with Crippen molar-refractivity contribution >= 4 is 29.5 Å². The van der Waals surface area contributed by atoms with Crippen LogP contribution in [0.5, 0.6) is 0 Å². The van der Waals surface area contributed by atoms with Gasteiger partial charge in [0.2, 0.25) is 6.41 Å². The van der Waals surface area contributed by atoms with Gasteiger partial charge in [-0.15, -0.1) is 0 Å². The number of anilines is 1. The van der Waals surface area contributed by atoms with Crippen LogP contribution in [0.2, 0.25) is 0 Å². The number of β-amino-alcohol motifs (C(OH)–C–C–N with tert-alkyl or cyclic N) is 1. The number of amides is 1. The first-order valence-electron chi connectivity index (χ1n) is 12.9. The quantitative estimate of drug-likeness (QED) is 0.330. The Hall–Kier alpha value is -2.39. The van der Waals surface area contributed by atoms with Gasteiger partial charge in [-0.3, -0.25) is 19.6 Å². The highest BCUT2D eigenvalue weighted by Gasteiger charge is 2.39. The molecule has 2 saturated heterocycles. The van der Waals surface area contributed by atoms with E-state index < -0.39 is 0 Å². The zero-order valence-corrected chi connectivity index (χ0v) is 22.8. The molecular weight excluding hydrogens is 476 g/mol. The van der Waals surface area contributed by atoms with Crippen LogP contribution in [-0.2, 0) is 17.6 Å². The van der Waals surface area contributed by atoms with E-state index >= 15 is 0 Å². The lowest BCUT2D eigenvalue weighted by Crippen LogP contribution is -2.62. The van der Waals surface area contributed by atoms with Crippen LogP contribution in [0, 0.1) is 0 Å². The summed E-state index contributed by atoms with van der Waals surface area (Å²) in [5.41, 5.74) is 3.92. The minimum absolute atomic E-state index is 0.255. The number of aliphatic hydroxyl groups is 1. The van der Waals surface area contributed by atoms with Crippen molar-refractivity contribution in [2.24, 2.45) is 4.99 Å². The highest BCUT2D eigenvalue weighted by atomic mass is 35.5. The average molecular weight is 515 g/mol. The highest BCUT2D eigenvalue weighted by Crippen LogP contribution is 2.34. The average Bonchev–Trinajstić information content (AvgIpc) is 2.85. The van der Waals surface area contributed by atoms with E-state index in [-0.39, 0.29) is 18.3 Å². The maximum absolute atomic E-state index is 12.9. The first kappa shape index (κ1) is 26.7. The number of aliphatic imine (C=N–C) groups is 1. The van der Waals surface area contributed by atoms with E-state index in [1.807, 2.05) is 6.08 Å². The van der Waals surface area contributed by atoms with Gasteiger partial charge in [0.05, 0.1) is 22.4 Å². The second-order valence-electron chi connectivity index (χ2n) is 9.91. The maximum Gasteiger partial charge on any atom is 0.219 e. The van der Waals surface area contributed by atoms with Crippen molar-refractivity contribution in [1.29, 1.82) is 0 Å². The molecule has 9 heteroatoms. The van der Waals surface area contributed by atoms with Crippen molar-refractivity contribution in [3.8, 4) is 0 Å². The molecule has 2 unspecified atom stereocenters. The number of carbonyl (C=O) groups excluding carboxylic acids is 1. The van der Waals surface area contributed by atoms with Gasteiger partial charge in [0, 0.05) is 45.8 Å². The summed E-state index contributed by atoms with van der Waals surface area (Å²) >= 11 is 6.86. The molecule has 0 saturated carbocycles. The van der Waals surface area contributed by atoms with Crippen molar-refractivity contribution in [1.82, 2.24) is 20.0 Å². The zero-order chi connectivity index (χ0) is 26.0. The molecule has 0 spiro atoms. The van der Waals surface area contributed by atoms with Crippen LogP contribution in [0.4, 0.5) is 5.69 Å². The molecule has 0 radical (unpaired) electrons. The molecule has 3 aliphatic rings. The number of halogens is 1. The van der Waals surface area contributed by atoms with Gasteiger partial charge in [-0.2, -0.15) is 0 Å². The van der Waals surface area contributed by atoms with Gasteiger partial charge in [0.15, 0.2) is 0 Å². The van der Waals surface area contributed by atoms with Gasteiger partial charge in [-0.25, -0.2) is 0 Å². The van der Waals surface area contributed by atoms with Crippen LogP contribution in [-0.4, -0.2) is 97.2 Å². The standard InChI is InChI=1S/C27H39ClN6O2/c1-6-19-9-8-10-20(7-2)24(19)34(17-35)26-22(13-23(28)27(30-26)32-15-21(36)16-32)25(29-4)33-12-11-31(5)14-18(33)3/h8-10,13,17-18,21,27,30,36H,6-7,11-12,14-16H2,1-5H3/b29-25+. The van der Waals surface area contributed by atoms with Crippen LogP contribution in [0.3, 0.4) is 0 Å². The number of para-hydroxylation sites is 1. The van der Waals surface area contributed by atoms with Crippen molar-refractivity contribution in [3.63, 3.8) is 0 Å². The van der Waals surface area contributed by atoms with E-state index in [4.69, 9.17) is 16.6 Å². The van der Waals surface area contributed by atoms with Crippen molar-refractivity contribution in [3.05, 3.63) is 51.8 Å². The molecule has 0 aromatic heterocycles. The molecule has 2 N–H and O–H groups in total. The number of hydrogen-bond donors (Lipinski definition) is 2. The van der Waals surface area contributed by atoms with Crippen molar-refractivity contribution in [2.45, 2.75) is 51.9 Å². The number of aryl methyl sites for hydroxylation is 2. The number of carbonyl (C=O) groups is 1. The molecule has 36 heavy (non-hydrogen) atoms. The third kappa shape index (κ3) is 5.05. The zero-order valence-electron chi connectivity index (χ0n) is 22.0. The summed E-state index contributed by atoms with van der Waals surface area (Å²) < 4.78 is 0. The number of amidine groups is 1. The number of hydrogen-bond acceptors (Lipinski definition) is 6. The Morgan fingerprint density at radius 2 is 1.89 bits per heavy atom. The van der Waals surface area contributed by atoms with Crippen LogP contribution >= 0.6 is 11.6 Å². The molecule has 196 valence electrons. The Morgan fingerprint density at radius 3 is 2.42 bits per heavy atom. The Bertz CT molecular complexity index is 1040. The molecule has 2 atom stereocenters. The molecule has 1 aromatic rings. The molecule has 3 aliphatic heterocycles. The molecule has 0 bridgehead atoms. The number of benzene rings is 1. The number of dihydropyridines is 1. The number of nitrogens with zero attached hydrogens (tertiary/aromatic N) is 5. The van der Waals surface area contributed by atoms with E-state index in [2.05, 4.69) is 66.0 Å². The Morgan fingerprint density at radius 1 is 1.22 bits per heavy atom. The second kappa shape index (κ2) is 11.3. The van der Waals surface area contributed by atoms with Crippen LogP contribution in [0.1, 0.15) is 31.9 Å². The van der Waals surface area contributed by atoms with Gasteiger partial charge in [-0.1, -0.05) is 43.6 Å². The largest absolute Gasteiger partial charge is 0.390 e. The van der Waals surface area contributed by atoms with E-state index in [1.54, 1.807) is 11.9 Å². The van der Waals surface area contributed by atoms with E-state index in [1.165, 1.54) is 0 Å². The summed E-state index contributed by atoms with van der Waals surface area (Å²) in [4.78, 5) is 26.0. The molecule has 0 aliphatic carbocycles. The summed E-state index contributed by atoms with van der Waals surface area (Å²) in [7, 11) is 3.93. The SMILES string of the molecule is CCc1cccc(CC)c1N(C=O)C1=C(/C(=N\C)N2CCN(C)CC2C)C=C(Cl)C(N2CC(O)C2)N1. The Labute approximate surface area is 219 Å². The Balaban J connectivity index is 1.86. The van der Waals surface area contributed by atoms with Gasteiger partial charge in [0.25, 0.3) is 0 Å². The van der Waals surface area contributed by atoms with Crippen molar-refractivity contribution in [2.75, 3.05) is 51.7 Å². The molecule has 3 heterocycles. The van der Waals surface area contributed by atoms with Crippen LogP contribution in [0.25, 0.3) is 0 Å². The van der Waals surface area contributed by atoms with Crippen LogP contribution in [0.15, 0.2) is 45.7 Å². The number of piperazine rings is 1. The fourth-order valence-electron chi connectivity index (χ4n) is 5.50. The summed E-state index contributed by atoms with van der Waals surface area (Å²) in [6.45, 7) is 10.2. The Kier molecular flexibility index (Phi) is 8.40. The normalized spacial score (nSPS) is 24.4. The monoisotopic (exact) mass is 514 g/mol. The summed E-state index contributed by atoms with van der Waals surface area (Å²) in [6, 6.07) is 6.47. The number of likely N-dealkylation sites (tertiary alicyclic amines) is 1. The smallest absolute Gasteiger partial charge is 0.219 e. The minimum atomic E-state index is -0.362. The number of rotatable bonds is 7.